The highest BCUT2D eigenvalue weighted by atomic mass is 16.5. The van der Waals surface area contributed by atoms with Crippen molar-refractivity contribution in [3.63, 3.8) is 0 Å². The number of ether oxygens (including phenoxy) is 1. The van der Waals surface area contributed by atoms with E-state index in [0.717, 1.165) is 50.0 Å². The molecule has 3 atom stereocenters. The third-order valence-corrected chi connectivity index (χ3v) is 7.76. The summed E-state index contributed by atoms with van der Waals surface area (Å²) in [5, 5.41) is 4.17. The number of nitrogens with one attached hydrogen (secondary N) is 2. The van der Waals surface area contributed by atoms with Gasteiger partial charge in [-0.2, -0.15) is 0 Å². The molecule has 2 unspecified atom stereocenters. The molecule has 198 valence electrons. The van der Waals surface area contributed by atoms with Crippen molar-refractivity contribution in [1.82, 2.24) is 25.0 Å². The van der Waals surface area contributed by atoms with Crippen molar-refractivity contribution in [3.05, 3.63) is 35.0 Å². The number of H-pyrrole nitrogens is 1. The minimum absolute atomic E-state index is 0.0358. The van der Waals surface area contributed by atoms with Crippen LogP contribution in [0.3, 0.4) is 0 Å². The third kappa shape index (κ3) is 5.31. The highest BCUT2D eigenvalue weighted by Gasteiger charge is 2.44. The summed E-state index contributed by atoms with van der Waals surface area (Å²) in [5.74, 6) is 0.0276. The lowest BCUT2D eigenvalue weighted by molar-refractivity contribution is -0.135. The van der Waals surface area contributed by atoms with Gasteiger partial charge in [0.1, 0.15) is 0 Å². The van der Waals surface area contributed by atoms with Crippen molar-refractivity contribution in [2.24, 2.45) is 5.92 Å². The van der Waals surface area contributed by atoms with E-state index in [2.05, 4.69) is 45.2 Å². The van der Waals surface area contributed by atoms with Gasteiger partial charge in [0.25, 0.3) is 0 Å². The van der Waals surface area contributed by atoms with Gasteiger partial charge in [0, 0.05) is 55.3 Å². The van der Waals surface area contributed by atoms with Crippen molar-refractivity contribution in [2.75, 3.05) is 53.9 Å². The molecule has 1 fully saturated rings. The molecule has 1 aromatic carbocycles. The van der Waals surface area contributed by atoms with Gasteiger partial charge in [-0.15, -0.1) is 0 Å². The molecule has 2 heterocycles. The van der Waals surface area contributed by atoms with Crippen molar-refractivity contribution in [3.8, 4) is 0 Å². The van der Waals surface area contributed by atoms with Crippen molar-refractivity contribution in [1.29, 1.82) is 0 Å². The van der Waals surface area contributed by atoms with E-state index in [1.165, 1.54) is 21.4 Å². The number of urea groups is 1. The van der Waals surface area contributed by atoms with Crippen LogP contribution in [0.15, 0.2) is 18.2 Å². The number of carbonyl (C=O) groups excluding carboxylic acids is 2. The molecular weight excluding hydrogens is 454 g/mol. The summed E-state index contributed by atoms with van der Waals surface area (Å²) in [4.78, 5) is 36.5. The lowest BCUT2D eigenvalue weighted by Crippen LogP contribution is -2.55. The quantitative estimate of drug-likeness (QED) is 0.525. The topological polar surface area (TPSA) is 80.9 Å². The molecule has 0 bridgehead atoms. The fourth-order valence-electron chi connectivity index (χ4n) is 6.27. The third-order valence-electron chi connectivity index (χ3n) is 7.76. The zero-order valence-electron chi connectivity index (χ0n) is 22.6. The molecule has 1 saturated heterocycles. The zero-order valence-corrected chi connectivity index (χ0v) is 22.6. The highest BCUT2D eigenvalue weighted by molar-refractivity contribution is 5.96. The normalized spacial score (nSPS) is 21.6. The van der Waals surface area contributed by atoms with E-state index in [4.69, 9.17) is 4.74 Å². The number of nitrogens with zero attached hydrogens (tertiary/aromatic N) is 3. The smallest absolute Gasteiger partial charge is 0.324 e. The minimum Gasteiger partial charge on any atom is -0.378 e. The van der Waals surface area contributed by atoms with Crippen LogP contribution in [0.2, 0.25) is 0 Å². The Balaban J connectivity index is 1.65. The maximum absolute atomic E-state index is 13.9. The fourth-order valence-corrected chi connectivity index (χ4v) is 6.27. The summed E-state index contributed by atoms with van der Waals surface area (Å²) < 4.78 is 5.50. The molecule has 1 aromatic heterocycles. The highest BCUT2D eigenvalue weighted by Crippen LogP contribution is 2.46. The number of aromatic nitrogens is 1. The maximum Gasteiger partial charge on any atom is 0.324 e. The number of carbonyl (C=O) groups is 2. The van der Waals surface area contributed by atoms with Gasteiger partial charge in [-0.3, -0.25) is 14.6 Å². The minimum atomic E-state index is -0.270. The number of hydrogen-bond donors (Lipinski definition) is 2. The summed E-state index contributed by atoms with van der Waals surface area (Å²) in [7, 11) is 5.77. The predicted molar refractivity (Wildman–Crippen MR) is 143 cm³/mol. The second-order valence-electron chi connectivity index (χ2n) is 10.6. The summed E-state index contributed by atoms with van der Waals surface area (Å²) in [6, 6.07) is 6.58. The molecule has 0 radical (unpaired) electrons. The molecule has 2 aliphatic rings. The number of methoxy groups -OCH3 is 1. The van der Waals surface area contributed by atoms with E-state index >= 15 is 0 Å². The molecular formula is C28H43N5O3. The van der Waals surface area contributed by atoms with Gasteiger partial charge in [-0.05, 0) is 77.0 Å². The maximum atomic E-state index is 13.9. The fraction of sp³-hybridized carbons (Fsp3) is 0.643. The first-order valence-electron chi connectivity index (χ1n) is 13.5. The number of rotatable bonds is 10. The molecule has 1 aliphatic heterocycles. The number of fused-ring (bicyclic) bond motifs is 2. The molecule has 1 aliphatic carbocycles. The van der Waals surface area contributed by atoms with E-state index in [1.54, 1.807) is 7.11 Å². The lowest BCUT2D eigenvalue weighted by atomic mass is 9.71. The number of hydrogen-bond acceptors (Lipinski definition) is 5. The van der Waals surface area contributed by atoms with E-state index in [0.29, 0.717) is 32.3 Å². The van der Waals surface area contributed by atoms with Gasteiger partial charge >= 0.3 is 6.03 Å². The van der Waals surface area contributed by atoms with Gasteiger partial charge < -0.3 is 19.9 Å². The zero-order chi connectivity index (χ0) is 25.8. The second-order valence-corrected chi connectivity index (χ2v) is 10.6. The van der Waals surface area contributed by atoms with Crippen LogP contribution >= 0.6 is 0 Å². The van der Waals surface area contributed by atoms with E-state index in [-0.39, 0.29) is 23.8 Å². The Hall–Kier alpha value is -2.42. The van der Waals surface area contributed by atoms with Gasteiger partial charge in [-0.25, -0.2) is 4.79 Å². The van der Waals surface area contributed by atoms with Crippen molar-refractivity contribution >= 4 is 22.8 Å². The Kier molecular flexibility index (Phi) is 8.70. The lowest BCUT2D eigenvalue weighted by Gasteiger charge is -2.47. The molecule has 2 aromatic rings. The first-order valence-corrected chi connectivity index (χ1v) is 13.5. The van der Waals surface area contributed by atoms with Crippen LogP contribution in [0.5, 0.6) is 0 Å². The van der Waals surface area contributed by atoms with Gasteiger partial charge in [0.15, 0.2) is 0 Å². The van der Waals surface area contributed by atoms with Crippen LogP contribution in [-0.2, 0) is 22.6 Å². The number of aromatic amines is 1. The number of likely N-dealkylation sites (tertiary alicyclic amines) is 1. The number of benzene rings is 1. The molecule has 36 heavy (non-hydrogen) atoms. The van der Waals surface area contributed by atoms with Crippen molar-refractivity contribution < 1.29 is 14.3 Å². The molecule has 3 amide bonds. The van der Waals surface area contributed by atoms with Crippen LogP contribution in [0.1, 0.15) is 55.8 Å². The van der Waals surface area contributed by atoms with Crippen LogP contribution in [-0.4, -0.2) is 91.6 Å². The van der Waals surface area contributed by atoms with Crippen molar-refractivity contribution in [2.45, 2.75) is 58.1 Å². The molecule has 4 rings (SSSR count). The van der Waals surface area contributed by atoms with Crippen LogP contribution in [0.25, 0.3) is 10.9 Å². The molecule has 0 saturated carbocycles. The van der Waals surface area contributed by atoms with E-state index < -0.39 is 0 Å². The second kappa shape index (κ2) is 11.8. The van der Waals surface area contributed by atoms with E-state index in [9.17, 15) is 9.59 Å². The van der Waals surface area contributed by atoms with Gasteiger partial charge in [0.05, 0.1) is 12.5 Å². The Bertz CT molecular complexity index is 1060. The standard InChI is InChI=1S/C28H43N5O3/c1-6-12-32-17-19(27(34)33(28(35)29-7-2)14-9-13-31(3)4)15-21-20-10-8-11-23-26(20)22(16-25(21)32)24(30-23)18-36-5/h8,10-11,19,21,25,30H,6-7,9,12-18H2,1-5H3,(H,29,35)/t19?,21?,25-/m1/s1. The summed E-state index contributed by atoms with van der Waals surface area (Å²) in [6.45, 7) is 8.10. The Morgan fingerprint density at radius 3 is 2.72 bits per heavy atom. The van der Waals surface area contributed by atoms with Crippen LogP contribution in [0.4, 0.5) is 4.79 Å². The average molecular weight is 498 g/mol. The first-order chi connectivity index (χ1) is 17.4. The predicted octanol–water partition coefficient (Wildman–Crippen LogP) is 3.56. The number of imide groups is 1. The molecule has 2 N–H and O–H groups in total. The van der Waals surface area contributed by atoms with Gasteiger partial charge in [-0.1, -0.05) is 19.1 Å². The van der Waals surface area contributed by atoms with E-state index in [1.807, 2.05) is 21.0 Å². The monoisotopic (exact) mass is 497 g/mol. The Morgan fingerprint density at radius 1 is 1.22 bits per heavy atom. The Morgan fingerprint density at radius 2 is 2.03 bits per heavy atom. The molecule has 8 heteroatoms. The van der Waals surface area contributed by atoms with Crippen LogP contribution in [0, 0.1) is 5.92 Å². The Labute approximate surface area is 215 Å². The number of amides is 3. The average Bonchev–Trinajstić information content (AvgIpc) is 3.20. The first kappa shape index (κ1) is 26.6. The van der Waals surface area contributed by atoms with Gasteiger partial charge in [0.2, 0.25) is 5.91 Å². The molecule has 0 spiro atoms. The summed E-state index contributed by atoms with van der Waals surface area (Å²) >= 11 is 0. The summed E-state index contributed by atoms with van der Waals surface area (Å²) in [6.07, 6.45) is 3.53. The largest absolute Gasteiger partial charge is 0.378 e. The molecule has 8 nitrogen and oxygen atoms in total. The van der Waals surface area contributed by atoms with Crippen LogP contribution < -0.4 is 5.32 Å². The summed E-state index contributed by atoms with van der Waals surface area (Å²) in [5.41, 5.74) is 5.00. The SMILES string of the molecule is CCCN1CC(C(=O)N(CCCN(C)C)C(=O)NCC)CC2c3cccc4[nH]c(COC)c(c34)C[C@H]21. The number of piperidine rings is 1.